The summed E-state index contributed by atoms with van der Waals surface area (Å²) >= 11 is 0. The van der Waals surface area contributed by atoms with Gasteiger partial charge in [-0.2, -0.15) is 0 Å². The van der Waals surface area contributed by atoms with E-state index in [1.54, 1.807) is 7.11 Å². The van der Waals surface area contributed by atoms with Crippen molar-refractivity contribution < 1.29 is 4.74 Å². The molecule has 20 heavy (non-hydrogen) atoms. The monoisotopic (exact) mass is 267 g/mol. The first kappa shape index (κ1) is 13.2. The third kappa shape index (κ3) is 2.86. The zero-order valence-electron chi connectivity index (χ0n) is 12.1. The molecule has 3 rings (SSSR count). The maximum absolute atomic E-state index is 5.53. The van der Waals surface area contributed by atoms with Crippen LogP contribution in [0.25, 0.3) is 16.8 Å². The Morgan fingerprint density at radius 3 is 2.80 bits per heavy atom. The maximum Gasteiger partial charge on any atom is 0.126 e. The molecule has 1 fully saturated rings. The van der Waals surface area contributed by atoms with Crippen LogP contribution in [-0.2, 0) is 0 Å². The summed E-state index contributed by atoms with van der Waals surface area (Å²) in [6.45, 7) is 3.13. The number of hydrogen-bond acceptors (Lipinski definition) is 2. The fourth-order valence-electron chi connectivity index (χ4n) is 2.49. The van der Waals surface area contributed by atoms with E-state index in [2.05, 4.69) is 54.7 Å². The average molecular weight is 267 g/mol. The molecule has 0 atom stereocenters. The summed E-state index contributed by atoms with van der Waals surface area (Å²) < 4.78 is 5.53. The Labute approximate surface area is 120 Å². The Morgan fingerprint density at radius 2 is 2.05 bits per heavy atom. The molecule has 0 spiro atoms. The normalized spacial score (nSPS) is 15.6. The van der Waals surface area contributed by atoms with Gasteiger partial charge in [-0.15, -0.1) is 0 Å². The van der Waals surface area contributed by atoms with E-state index in [1.165, 1.54) is 34.8 Å². The summed E-state index contributed by atoms with van der Waals surface area (Å²) in [5.74, 6) is 0.939. The predicted molar refractivity (Wildman–Crippen MR) is 85.2 cm³/mol. The molecule has 2 aromatic carbocycles. The molecule has 0 bridgehead atoms. The topological polar surface area (TPSA) is 21.3 Å². The van der Waals surface area contributed by atoms with E-state index in [0.29, 0.717) is 0 Å². The second-order valence-electron chi connectivity index (χ2n) is 5.55. The number of rotatable bonds is 5. The van der Waals surface area contributed by atoms with Crippen LogP contribution in [0.1, 0.15) is 25.3 Å². The van der Waals surface area contributed by atoms with Crippen molar-refractivity contribution >= 4 is 16.8 Å². The van der Waals surface area contributed by atoms with E-state index in [9.17, 15) is 0 Å². The summed E-state index contributed by atoms with van der Waals surface area (Å²) in [6.07, 6.45) is 4.90. The Morgan fingerprint density at radius 1 is 1.25 bits per heavy atom. The van der Waals surface area contributed by atoms with Crippen LogP contribution in [0, 0.1) is 0 Å². The highest BCUT2D eigenvalue weighted by Crippen LogP contribution is 2.30. The molecule has 1 saturated carbocycles. The van der Waals surface area contributed by atoms with Gasteiger partial charge in [0.15, 0.2) is 0 Å². The van der Waals surface area contributed by atoms with E-state index >= 15 is 0 Å². The van der Waals surface area contributed by atoms with Gasteiger partial charge in [-0.05, 0) is 36.6 Å². The highest BCUT2D eigenvalue weighted by atomic mass is 16.5. The van der Waals surface area contributed by atoms with Crippen LogP contribution in [0.5, 0.6) is 5.75 Å². The molecular weight excluding hydrogens is 246 g/mol. The quantitative estimate of drug-likeness (QED) is 0.884. The molecule has 0 unspecified atom stereocenters. The average Bonchev–Trinajstić information content (AvgIpc) is 3.30. The molecule has 0 saturated heterocycles. The highest BCUT2D eigenvalue weighted by Gasteiger charge is 2.19. The summed E-state index contributed by atoms with van der Waals surface area (Å²) in [5, 5.41) is 6.05. The van der Waals surface area contributed by atoms with Crippen molar-refractivity contribution in [2.45, 2.75) is 25.8 Å². The molecule has 1 N–H and O–H groups in total. The Balaban J connectivity index is 1.96. The summed E-state index contributed by atoms with van der Waals surface area (Å²) in [6, 6.07) is 13.4. The van der Waals surface area contributed by atoms with Crippen molar-refractivity contribution in [2.75, 3.05) is 13.7 Å². The number of fused-ring (bicyclic) bond motifs is 1. The van der Waals surface area contributed by atoms with E-state index < -0.39 is 0 Å². The van der Waals surface area contributed by atoms with E-state index in [-0.39, 0.29) is 0 Å². The van der Waals surface area contributed by atoms with E-state index in [1.807, 2.05) is 0 Å². The van der Waals surface area contributed by atoms with Gasteiger partial charge in [-0.3, -0.25) is 0 Å². The Hall–Kier alpha value is -1.80. The van der Waals surface area contributed by atoms with Gasteiger partial charge in [0.1, 0.15) is 5.75 Å². The van der Waals surface area contributed by atoms with Crippen molar-refractivity contribution in [3.05, 3.63) is 47.5 Å². The first-order valence-corrected chi connectivity index (χ1v) is 7.24. The standard InChI is InChI=1S/C18H21NO/c1-13(12-19-15-8-9-15)11-17-16-6-4-3-5-14(16)7-10-18(17)20-2/h3-7,10-11,15,19H,8-9,12H2,1-2H3. The zero-order valence-corrected chi connectivity index (χ0v) is 12.1. The van der Waals surface area contributed by atoms with Crippen LogP contribution < -0.4 is 10.1 Å². The molecule has 104 valence electrons. The van der Waals surface area contributed by atoms with Crippen molar-refractivity contribution in [3.8, 4) is 5.75 Å². The lowest BCUT2D eigenvalue weighted by Crippen LogP contribution is -2.18. The number of nitrogens with one attached hydrogen (secondary N) is 1. The van der Waals surface area contributed by atoms with Gasteiger partial charge >= 0.3 is 0 Å². The smallest absolute Gasteiger partial charge is 0.126 e. The van der Waals surface area contributed by atoms with Crippen molar-refractivity contribution in [1.82, 2.24) is 5.32 Å². The Bertz CT molecular complexity index is 641. The summed E-state index contributed by atoms with van der Waals surface area (Å²) in [5.41, 5.74) is 2.52. The van der Waals surface area contributed by atoms with E-state index in [4.69, 9.17) is 4.74 Å². The fourth-order valence-corrected chi connectivity index (χ4v) is 2.49. The first-order valence-electron chi connectivity index (χ1n) is 7.24. The van der Waals surface area contributed by atoms with Crippen molar-refractivity contribution in [3.63, 3.8) is 0 Å². The lowest BCUT2D eigenvalue weighted by atomic mass is 10.0. The molecule has 1 aliphatic carbocycles. The highest BCUT2D eigenvalue weighted by molar-refractivity contribution is 5.93. The van der Waals surface area contributed by atoms with Gasteiger partial charge in [-0.1, -0.05) is 42.0 Å². The maximum atomic E-state index is 5.53. The minimum Gasteiger partial charge on any atom is -0.496 e. The lowest BCUT2D eigenvalue weighted by Gasteiger charge is -2.10. The molecule has 2 nitrogen and oxygen atoms in total. The lowest BCUT2D eigenvalue weighted by molar-refractivity contribution is 0.414. The van der Waals surface area contributed by atoms with Crippen molar-refractivity contribution in [2.24, 2.45) is 0 Å². The molecule has 0 radical (unpaired) electrons. The minimum absolute atomic E-state index is 0.743. The first-order chi connectivity index (χ1) is 9.78. The molecule has 0 heterocycles. The number of methoxy groups -OCH3 is 1. The zero-order chi connectivity index (χ0) is 13.9. The molecule has 2 aromatic rings. The molecule has 0 aliphatic heterocycles. The summed E-state index contributed by atoms with van der Waals surface area (Å²) in [7, 11) is 1.74. The summed E-state index contributed by atoms with van der Waals surface area (Å²) in [4.78, 5) is 0. The largest absolute Gasteiger partial charge is 0.496 e. The number of ether oxygens (including phenoxy) is 1. The van der Waals surface area contributed by atoms with E-state index in [0.717, 1.165) is 18.3 Å². The van der Waals surface area contributed by atoms with Gasteiger partial charge in [0.25, 0.3) is 0 Å². The van der Waals surface area contributed by atoms with Crippen LogP contribution >= 0.6 is 0 Å². The Kier molecular flexibility index (Phi) is 3.75. The molecular formula is C18H21NO. The van der Waals surface area contributed by atoms with Crippen LogP contribution in [0.4, 0.5) is 0 Å². The van der Waals surface area contributed by atoms with Crippen LogP contribution in [0.2, 0.25) is 0 Å². The molecule has 1 aliphatic rings. The van der Waals surface area contributed by atoms with Gasteiger partial charge in [-0.25, -0.2) is 0 Å². The molecule has 2 heteroatoms. The van der Waals surface area contributed by atoms with Gasteiger partial charge < -0.3 is 10.1 Å². The predicted octanol–water partition coefficient (Wildman–Crippen LogP) is 4.00. The number of hydrogen-bond donors (Lipinski definition) is 1. The van der Waals surface area contributed by atoms with Crippen LogP contribution in [-0.4, -0.2) is 19.7 Å². The van der Waals surface area contributed by atoms with Gasteiger partial charge in [0, 0.05) is 18.2 Å². The van der Waals surface area contributed by atoms with Gasteiger partial charge in [0.2, 0.25) is 0 Å². The third-order valence-corrected chi connectivity index (χ3v) is 3.79. The van der Waals surface area contributed by atoms with Crippen LogP contribution in [0.3, 0.4) is 0 Å². The second kappa shape index (κ2) is 5.68. The SMILES string of the molecule is COc1ccc2ccccc2c1C=C(C)CNC1CC1. The molecule has 0 amide bonds. The fraction of sp³-hybridized carbons (Fsp3) is 0.333. The number of benzene rings is 2. The van der Waals surface area contributed by atoms with Crippen molar-refractivity contribution in [1.29, 1.82) is 0 Å². The van der Waals surface area contributed by atoms with Gasteiger partial charge in [0.05, 0.1) is 7.11 Å². The third-order valence-electron chi connectivity index (χ3n) is 3.79. The molecule has 0 aromatic heterocycles. The van der Waals surface area contributed by atoms with Crippen LogP contribution in [0.15, 0.2) is 42.0 Å². The minimum atomic E-state index is 0.743. The second-order valence-corrected chi connectivity index (χ2v) is 5.55.